The first-order chi connectivity index (χ1) is 9.36. The SMILES string of the molecule is Nc1ccc([N+](=O)[O-])cc1S(=O)(=O)N1CCC(CO)C1. The third kappa shape index (κ3) is 2.60. The number of nitrogens with two attached hydrogens (primary N) is 1. The number of sulfonamides is 1. The first-order valence-corrected chi connectivity index (χ1v) is 7.45. The summed E-state index contributed by atoms with van der Waals surface area (Å²) in [5.74, 6) is -0.107. The van der Waals surface area contributed by atoms with Crippen molar-refractivity contribution in [3.8, 4) is 0 Å². The van der Waals surface area contributed by atoms with E-state index in [2.05, 4.69) is 0 Å². The van der Waals surface area contributed by atoms with Gasteiger partial charge in [-0.1, -0.05) is 0 Å². The Morgan fingerprint density at radius 2 is 2.20 bits per heavy atom. The summed E-state index contributed by atoms with van der Waals surface area (Å²) in [5.41, 5.74) is 5.28. The van der Waals surface area contributed by atoms with Crippen LogP contribution in [0.3, 0.4) is 0 Å². The van der Waals surface area contributed by atoms with Crippen LogP contribution < -0.4 is 5.73 Å². The van der Waals surface area contributed by atoms with Gasteiger partial charge in [0.05, 0.1) is 10.6 Å². The van der Waals surface area contributed by atoms with Crippen molar-refractivity contribution in [2.24, 2.45) is 5.92 Å². The predicted octanol–water partition coefficient (Wildman–Crippen LogP) is 0.180. The molecular formula is C11H15N3O5S. The lowest BCUT2D eigenvalue weighted by molar-refractivity contribution is -0.385. The molecule has 1 aliphatic heterocycles. The van der Waals surface area contributed by atoms with Crippen molar-refractivity contribution in [3.05, 3.63) is 28.3 Å². The van der Waals surface area contributed by atoms with Crippen molar-refractivity contribution in [2.75, 3.05) is 25.4 Å². The van der Waals surface area contributed by atoms with E-state index >= 15 is 0 Å². The normalized spacial score (nSPS) is 20.1. The minimum Gasteiger partial charge on any atom is -0.398 e. The van der Waals surface area contributed by atoms with Crippen molar-refractivity contribution in [1.82, 2.24) is 4.31 Å². The first kappa shape index (κ1) is 14.7. The molecule has 1 saturated heterocycles. The van der Waals surface area contributed by atoms with Crippen LogP contribution in [0.1, 0.15) is 6.42 Å². The molecule has 0 aliphatic carbocycles. The van der Waals surface area contributed by atoms with Crippen LogP contribution >= 0.6 is 0 Å². The van der Waals surface area contributed by atoms with E-state index in [1.165, 1.54) is 10.4 Å². The maximum absolute atomic E-state index is 12.4. The molecule has 1 aromatic rings. The molecule has 1 aromatic carbocycles. The third-order valence-electron chi connectivity index (χ3n) is 3.33. The van der Waals surface area contributed by atoms with Gasteiger partial charge in [-0.15, -0.1) is 0 Å². The van der Waals surface area contributed by atoms with Gasteiger partial charge in [0, 0.05) is 31.8 Å². The second kappa shape index (κ2) is 5.35. The zero-order valence-electron chi connectivity index (χ0n) is 10.6. The van der Waals surface area contributed by atoms with Crippen LogP contribution in [0.5, 0.6) is 0 Å². The number of hydrogen-bond donors (Lipinski definition) is 2. The average Bonchev–Trinajstić information content (AvgIpc) is 2.88. The summed E-state index contributed by atoms with van der Waals surface area (Å²) in [6, 6.07) is 3.34. The zero-order chi connectivity index (χ0) is 14.9. The van der Waals surface area contributed by atoms with E-state index in [4.69, 9.17) is 10.8 Å². The maximum atomic E-state index is 12.4. The van der Waals surface area contributed by atoms with E-state index in [0.29, 0.717) is 6.42 Å². The fourth-order valence-corrected chi connectivity index (χ4v) is 3.83. The molecule has 0 spiro atoms. The molecule has 8 nitrogen and oxygen atoms in total. The largest absolute Gasteiger partial charge is 0.398 e. The molecule has 1 fully saturated rings. The Bertz CT molecular complexity index is 631. The Morgan fingerprint density at radius 1 is 1.50 bits per heavy atom. The number of nitro groups is 1. The quantitative estimate of drug-likeness (QED) is 0.464. The average molecular weight is 301 g/mol. The van der Waals surface area contributed by atoms with Crippen LogP contribution in [0.4, 0.5) is 11.4 Å². The van der Waals surface area contributed by atoms with Gasteiger partial charge in [0.2, 0.25) is 10.0 Å². The van der Waals surface area contributed by atoms with Gasteiger partial charge in [0.1, 0.15) is 4.90 Å². The van der Waals surface area contributed by atoms with Crippen molar-refractivity contribution < 1.29 is 18.4 Å². The van der Waals surface area contributed by atoms with Gasteiger partial charge in [-0.3, -0.25) is 10.1 Å². The lowest BCUT2D eigenvalue weighted by Gasteiger charge is -2.17. The number of benzene rings is 1. The molecule has 0 aromatic heterocycles. The number of non-ortho nitro benzene ring substituents is 1. The fraction of sp³-hybridized carbons (Fsp3) is 0.455. The van der Waals surface area contributed by atoms with Crippen LogP contribution in [-0.2, 0) is 10.0 Å². The zero-order valence-corrected chi connectivity index (χ0v) is 11.4. The fourth-order valence-electron chi connectivity index (χ4n) is 2.16. The molecule has 110 valence electrons. The van der Waals surface area contributed by atoms with Crippen LogP contribution in [0.2, 0.25) is 0 Å². The van der Waals surface area contributed by atoms with Crippen molar-refractivity contribution in [2.45, 2.75) is 11.3 Å². The van der Waals surface area contributed by atoms with E-state index in [9.17, 15) is 18.5 Å². The topological polar surface area (TPSA) is 127 Å². The molecule has 0 radical (unpaired) electrons. The van der Waals surface area contributed by atoms with E-state index < -0.39 is 14.9 Å². The highest BCUT2D eigenvalue weighted by molar-refractivity contribution is 7.89. The standard InChI is InChI=1S/C11H15N3O5S/c12-10-2-1-9(14(16)17)5-11(10)20(18,19)13-4-3-8(6-13)7-15/h1-2,5,8,15H,3-4,6-7,12H2. The van der Waals surface area contributed by atoms with Crippen molar-refractivity contribution >= 4 is 21.4 Å². The van der Waals surface area contributed by atoms with Gasteiger partial charge in [0.15, 0.2) is 0 Å². The highest BCUT2D eigenvalue weighted by Gasteiger charge is 2.34. The Hall–Kier alpha value is -1.71. The molecule has 9 heteroatoms. The van der Waals surface area contributed by atoms with Gasteiger partial charge in [-0.25, -0.2) is 8.42 Å². The van der Waals surface area contributed by atoms with Gasteiger partial charge >= 0.3 is 0 Å². The lowest BCUT2D eigenvalue weighted by atomic mass is 10.1. The van der Waals surface area contributed by atoms with Crippen LogP contribution in [0.25, 0.3) is 0 Å². The molecule has 0 bridgehead atoms. The lowest BCUT2D eigenvalue weighted by Crippen LogP contribution is -2.30. The summed E-state index contributed by atoms with van der Waals surface area (Å²) in [5, 5.41) is 19.8. The summed E-state index contributed by atoms with van der Waals surface area (Å²) in [6.07, 6.45) is 0.560. The highest BCUT2D eigenvalue weighted by atomic mass is 32.2. The number of aliphatic hydroxyl groups is 1. The monoisotopic (exact) mass is 301 g/mol. The molecule has 20 heavy (non-hydrogen) atoms. The molecule has 0 saturated carbocycles. The molecule has 1 heterocycles. The first-order valence-electron chi connectivity index (χ1n) is 6.01. The summed E-state index contributed by atoms with van der Waals surface area (Å²) in [4.78, 5) is 9.81. The molecule has 3 N–H and O–H groups in total. The Labute approximate surface area is 116 Å². The second-order valence-electron chi connectivity index (χ2n) is 4.68. The summed E-state index contributed by atoms with van der Waals surface area (Å²) >= 11 is 0. The Balaban J connectivity index is 2.39. The van der Waals surface area contributed by atoms with E-state index in [0.717, 1.165) is 12.1 Å². The molecule has 1 atom stereocenters. The Morgan fingerprint density at radius 3 is 2.75 bits per heavy atom. The number of rotatable bonds is 4. The van der Waals surface area contributed by atoms with Crippen LogP contribution in [0, 0.1) is 16.0 Å². The summed E-state index contributed by atoms with van der Waals surface area (Å²) in [6.45, 7) is 0.382. The van der Waals surface area contributed by atoms with Gasteiger partial charge < -0.3 is 10.8 Å². The second-order valence-corrected chi connectivity index (χ2v) is 6.59. The smallest absolute Gasteiger partial charge is 0.270 e. The molecule has 1 aliphatic rings. The van der Waals surface area contributed by atoms with Gasteiger partial charge in [-0.05, 0) is 18.4 Å². The third-order valence-corrected chi connectivity index (χ3v) is 5.25. The maximum Gasteiger partial charge on any atom is 0.270 e. The molecule has 0 amide bonds. The highest BCUT2D eigenvalue weighted by Crippen LogP contribution is 2.30. The number of hydrogen-bond acceptors (Lipinski definition) is 6. The van der Waals surface area contributed by atoms with E-state index in [-0.39, 0.29) is 41.9 Å². The van der Waals surface area contributed by atoms with E-state index in [1.54, 1.807) is 0 Å². The molecule has 1 unspecified atom stereocenters. The van der Waals surface area contributed by atoms with Crippen LogP contribution in [-0.4, -0.2) is 42.4 Å². The number of nitrogen functional groups attached to an aromatic ring is 1. The minimum atomic E-state index is -3.88. The Kier molecular flexibility index (Phi) is 3.93. The molecular weight excluding hydrogens is 286 g/mol. The summed E-state index contributed by atoms with van der Waals surface area (Å²) < 4.78 is 26.1. The summed E-state index contributed by atoms with van der Waals surface area (Å²) in [7, 11) is -3.88. The van der Waals surface area contributed by atoms with Crippen molar-refractivity contribution in [1.29, 1.82) is 0 Å². The predicted molar refractivity (Wildman–Crippen MR) is 71.5 cm³/mol. The number of anilines is 1. The van der Waals surface area contributed by atoms with Crippen LogP contribution in [0.15, 0.2) is 23.1 Å². The van der Waals surface area contributed by atoms with Gasteiger partial charge in [-0.2, -0.15) is 4.31 Å². The number of nitrogens with zero attached hydrogens (tertiary/aromatic N) is 2. The minimum absolute atomic E-state index is 0.0250. The number of aliphatic hydroxyl groups excluding tert-OH is 1. The molecule has 2 rings (SSSR count). The van der Waals surface area contributed by atoms with Crippen molar-refractivity contribution in [3.63, 3.8) is 0 Å². The number of nitro benzene ring substituents is 1. The van der Waals surface area contributed by atoms with E-state index in [1.807, 2.05) is 0 Å². The van der Waals surface area contributed by atoms with Gasteiger partial charge in [0.25, 0.3) is 5.69 Å².